The van der Waals surface area contributed by atoms with Crippen molar-refractivity contribution < 1.29 is 15.0 Å². The Bertz CT molecular complexity index is 852. The molecule has 3 rings (SSSR count). The van der Waals surface area contributed by atoms with E-state index in [4.69, 9.17) is 15.0 Å². The second-order valence-electron chi connectivity index (χ2n) is 6.66. The van der Waals surface area contributed by atoms with Gasteiger partial charge < -0.3 is 10.2 Å². The zero-order chi connectivity index (χ0) is 20.2. The van der Waals surface area contributed by atoms with Gasteiger partial charge in [0.15, 0.2) is 0 Å². The molecule has 3 nitrogen and oxygen atoms in total. The van der Waals surface area contributed by atoms with E-state index >= 15 is 0 Å². The minimum absolute atomic E-state index is 1.17. The molecule has 0 spiro atoms. The Kier molecular flexibility index (Phi) is 8.80. The van der Waals surface area contributed by atoms with Crippen molar-refractivity contribution in [3.63, 3.8) is 0 Å². The number of aryl methyl sites for hydroxylation is 1. The molecule has 146 valence electrons. The van der Waals surface area contributed by atoms with E-state index in [1.165, 1.54) is 59.9 Å². The zero-order valence-corrected chi connectivity index (χ0v) is 16.3. The van der Waals surface area contributed by atoms with Crippen molar-refractivity contribution in [2.75, 3.05) is 0 Å². The molecule has 0 atom stereocenters. The first-order valence-electron chi connectivity index (χ1n) is 9.78. The van der Waals surface area contributed by atoms with Crippen LogP contribution >= 0.6 is 0 Å². The summed E-state index contributed by atoms with van der Waals surface area (Å²) in [5.41, 5.74) is 6.80. The van der Waals surface area contributed by atoms with Crippen LogP contribution in [0.3, 0.4) is 0 Å². The summed E-state index contributed by atoms with van der Waals surface area (Å²) in [7, 11) is 0. The molecular weight excluding hydrogens is 348 g/mol. The van der Waals surface area contributed by atoms with Gasteiger partial charge in [-0.3, -0.25) is 0 Å². The summed E-state index contributed by atoms with van der Waals surface area (Å²) in [6.45, 7) is 2.27. The minimum Gasteiger partial charge on any atom is -0.450 e. The van der Waals surface area contributed by atoms with Gasteiger partial charge in [-0.15, -0.1) is 0 Å². The number of hydrogen-bond acceptors (Lipinski definition) is 1. The number of benzene rings is 3. The van der Waals surface area contributed by atoms with Crippen molar-refractivity contribution in [3.05, 3.63) is 84.4 Å². The van der Waals surface area contributed by atoms with Crippen LogP contribution < -0.4 is 0 Å². The third-order valence-corrected chi connectivity index (χ3v) is 4.62. The lowest BCUT2D eigenvalue weighted by atomic mass is 9.90. The van der Waals surface area contributed by atoms with Crippen molar-refractivity contribution in [1.29, 1.82) is 0 Å². The summed E-state index contributed by atoms with van der Waals surface area (Å²) >= 11 is 0. The molecule has 28 heavy (non-hydrogen) atoms. The van der Waals surface area contributed by atoms with Crippen molar-refractivity contribution in [2.24, 2.45) is 0 Å². The molecule has 0 saturated heterocycles. The van der Waals surface area contributed by atoms with Crippen molar-refractivity contribution in [2.45, 2.75) is 39.0 Å². The van der Waals surface area contributed by atoms with Crippen LogP contribution in [0.1, 0.15) is 38.2 Å². The van der Waals surface area contributed by atoms with Gasteiger partial charge in [-0.2, -0.15) is 0 Å². The molecule has 3 heteroatoms. The second kappa shape index (κ2) is 11.6. The van der Waals surface area contributed by atoms with Crippen LogP contribution in [0.5, 0.6) is 0 Å². The summed E-state index contributed by atoms with van der Waals surface area (Å²) in [6.07, 6.45) is 4.56. The van der Waals surface area contributed by atoms with Gasteiger partial charge in [-0.25, -0.2) is 4.79 Å². The third kappa shape index (κ3) is 6.58. The van der Waals surface area contributed by atoms with Gasteiger partial charge in [0.25, 0.3) is 0 Å². The number of carbonyl (C=O) groups is 1. The molecule has 0 amide bonds. The Morgan fingerprint density at radius 3 is 1.86 bits per heavy atom. The third-order valence-electron chi connectivity index (χ3n) is 4.62. The number of rotatable bonds is 7. The highest BCUT2D eigenvalue weighted by Gasteiger charge is 2.10. The van der Waals surface area contributed by atoms with Gasteiger partial charge in [-0.1, -0.05) is 105 Å². The fraction of sp³-hybridized carbons (Fsp3) is 0.240. The minimum atomic E-state index is -1.83. The summed E-state index contributed by atoms with van der Waals surface area (Å²) in [5, 5.41) is 13.9. The van der Waals surface area contributed by atoms with Crippen LogP contribution in [0.2, 0.25) is 0 Å². The van der Waals surface area contributed by atoms with Crippen LogP contribution in [0.15, 0.2) is 78.9 Å². The van der Waals surface area contributed by atoms with Crippen LogP contribution in [0, 0.1) is 0 Å². The Morgan fingerprint density at radius 2 is 1.21 bits per heavy atom. The predicted octanol–water partition coefficient (Wildman–Crippen LogP) is 7.37. The van der Waals surface area contributed by atoms with E-state index in [2.05, 4.69) is 85.8 Å². The van der Waals surface area contributed by atoms with Gasteiger partial charge in [0.05, 0.1) is 0 Å². The average molecular weight is 376 g/mol. The van der Waals surface area contributed by atoms with Crippen molar-refractivity contribution in [3.8, 4) is 22.3 Å². The normalized spacial score (nSPS) is 10.0. The molecule has 0 aromatic heterocycles. The topological polar surface area (TPSA) is 57.5 Å². The van der Waals surface area contributed by atoms with E-state index in [1.54, 1.807) is 0 Å². The first-order chi connectivity index (χ1) is 13.6. The van der Waals surface area contributed by atoms with E-state index in [0.29, 0.717) is 0 Å². The number of carboxylic acid groups (broad SMARTS) is 2. The molecule has 0 aliphatic rings. The highest BCUT2D eigenvalue weighted by molar-refractivity contribution is 5.84. The standard InChI is InChI=1S/C24H26.CH2O3/c1-2-3-4-6-13-21-16-9-10-17-22(21)24-19-12-11-18-23(24)20-14-7-5-8-15-20;2-1(3)4/h5,7-12,14-19H,2-4,6,13H2,1H3;(H2,2,3,4). The zero-order valence-electron chi connectivity index (χ0n) is 16.3. The van der Waals surface area contributed by atoms with E-state index in [1.807, 2.05) is 0 Å². The maximum absolute atomic E-state index is 8.56. The molecule has 0 bridgehead atoms. The van der Waals surface area contributed by atoms with Crippen LogP contribution in [0.4, 0.5) is 4.79 Å². The summed E-state index contributed by atoms with van der Waals surface area (Å²) in [4.78, 5) is 8.56. The van der Waals surface area contributed by atoms with Crippen LogP contribution in [0.25, 0.3) is 22.3 Å². The lowest BCUT2D eigenvalue weighted by molar-refractivity contribution is 0.137. The maximum Gasteiger partial charge on any atom is 0.503 e. The quantitative estimate of drug-likeness (QED) is 0.423. The maximum atomic E-state index is 8.56. The molecule has 3 aromatic carbocycles. The first kappa shape index (κ1) is 21.2. The Balaban J connectivity index is 0.000000640. The van der Waals surface area contributed by atoms with Gasteiger partial charge in [0.2, 0.25) is 0 Å². The smallest absolute Gasteiger partial charge is 0.450 e. The van der Waals surface area contributed by atoms with Crippen LogP contribution in [-0.2, 0) is 6.42 Å². The van der Waals surface area contributed by atoms with Gasteiger partial charge in [-0.05, 0) is 40.7 Å². The Hall–Kier alpha value is -3.07. The fourth-order valence-corrected chi connectivity index (χ4v) is 3.33. The van der Waals surface area contributed by atoms with E-state index < -0.39 is 6.16 Å². The van der Waals surface area contributed by atoms with E-state index in [9.17, 15) is 0 Å². The fourth-order valence-electron chi connectivity index (χ4n) is 3.33. The summed E-state index contributed by atoms with van der Waals surface area (Å²) in [6, 6.07) is 28.4. The van der Waals surface area contributed by atoms with Crippen molar-refractivity contribution >= 4 is 6.16 Å². The molecule has 0 radical (unpaired) electrons. The molecule has 0 aliphatic heterocycles. The van der Waals surface area contributed by atoms with Gasteiger partial charge >= 0.3 is 6.16 Å². The lowest BCUT2D eigenvalue weighted by Gasteiger charge is -2.14. The molecule has 0 saturated carbocycles. The molecule has 3 aromatic rings. The average Bonchev–Trinajstić information content (AvgIpc) is 2.72. The van der Waals surface area contributed by atoms with E-state index in [0.717, 1.165) is 0 Å². The largest absolute Gasteiger partial charge is 0.503 e. The summed E-state index contributed by atoms with van der Waals surface area (Å²) in [5.74, 6) is 0. The molecule has 0 heterocycles. The summed E-state index contributed by atoms with van der Waals surface area (Å²) < 4.78 is 0. The highest BCUT2D eigenvalue weighted by atomic mass is 16.6. The Morgan fingerprint density at radius 1 is 0.679 bits per heavy atom. The molecule has 0 unspecified atom stereocenters. The molecule has 0 fully saturated rings. The van der Waals surface area contributed by atoms with Crippen LogP contribution in [-0.4, -0.2) is 16.4 Å². The molecular formula is C25H28O3. The molecule has 2 N–H and O–H groups in total. The predicted molar refractivity (Wildman–Crippen MR) is 116 cm³/mol. The lowest BCUT2D eigenvalue weighted by Crippen LogP contribution is -1.93. The Labute approximate surface area is 167 Å². The molecule has 0 aliphatic carbocycles. The first-order valence-corrected chi connectivity index (χ1v) is 9.78. The highest BCUT2D eigenvalue weighted by Crippen LogP contribution is 2.34. The van der Waals surface area contributed by atoms with Crippen molar-refractivity contribution in [1.82, 2.24) is 0 Å². The SMILES string of the molecule is CCCCCCc1ccccc1-c1ccccc1-c1ccccc1.O=C(O)O. The second-order valence-corrected chi connectivity index (χ2v) is 6.66. The van der Waals surface area contributed by atoms with Gasteiger partial charge in [0.1, 0.15) is 0 Å². The number of unbranched alkanes of at least 4 members (excludes halogenated alkanes) is 3. The number of hydrogen-bond donors (Lipinski definition) is 2. The monoisotopic (exact) mass is 376 g/mol. The van der Waals surface area contributed by atoms with E-state index in [-0.39, 0.29) is 0 Å². The van der Waals surface area contributed by atoms with Gasteiger partial charge in [0, 0.05) is 0 Å².